The zero-order valence-corrected chi connectivity index (χ0v) is 5.01. The van der Waals surface area contributed by atoms with Gasteiger partial charge in [0.1, 0.15) is 0 Å². The van der Waals surface area contributed by atoms with Gasteiger partial charge in [-0.05, 0) is 0 Å². The predicted molar refractivity (Wildman–Crippen MR) is 29.6 cm³/mol. The van der Waals surface area contributed by atoms with E-state index in [9.17, 15) is 4.79 Å². The van der Waals surface area contributed by atoms with E-state index in [2.05, 4.69) is 4.79 Å². The van der Waals surface area contributed by atoms with Crippen molar-refractivity contribution < 1.29 is 9.58 Å². The Labute approximate surface area is 47.9 Å². The van der Waals surface area contributed by atoms with Crippen LogP contribution in [-0.2, 0) is 4.79 Å². The van der Waals surface area contributed by atoms with E-state index in [1.54, 1.807) is 6.92 Å². The molecule has 0 N–H and O–H groups in total. The van der Waals surface area contributed by atoms with Crippen molar-refractivity contribution in [2.24, 2.45) is 0 Å². The Morgan fingerprint density at radius 3 is 2.38 bits per heavy atom. The molecular weight excluding hydrogens is 104 g/mol. The van der Waals surface area contributed by atoms with Gasteiger partial charge in [0.15, 0.2) is 0 Å². The number of rotatable bonds is 2. The van der Waals surface area contributed by atoms with Crippen LogP contribution in [0.3, 0.4) is 0 Å². The summed E-state index contributed by atoms with van der Waals surface area (Å²) < 4.78 is 0. The lowest BCUT2D eigenvalue weighted by molar-refractivity contribution is -0.117. The van der Waals surface area contributed by atoms with Crippen molar-refractivity contribution in [3.05, 3.63) is 5.53 Å². The molecule has 0 aliphatic heterocycles. The second-order valence-corrected chi connectivity index (χ2v) is 1.46. The highest BCUT2D eigenvalue weighted by molar-refractivity contribution is 6.36. The number of ketones is 1. The predicted octanol–water partition coefficient (Wildman–Crippen LogP) is 0.656. The van der Waals surface area contributed by atoms with Crippen LogP contribution in [0, 0.1) is 0 Å². The molecule has 0 saturated heterocycles. The summed E-state index contributed by atoms with van der Waals surface area (Å²) in [6.07, 6.45) is 0.399. The molecule has 0 heterocycles. The molecule has 0 aromatic rings. The Kier molecular flexibility index (Phi) is 2.74. The summed E-state index contributed by atoms with van der Waals surface area (Å²) in [5, 5.41) is 0. The van der Waals surface area contributed by atoms with Crippen molar-refractivity contribution >= 4 is 11.5 Å². The van der Waals surface area contributed by atoms with Crippen LogP contribution in [0.15, 0.2) is 0 Å². The fourth-order valence-electron chi connectivity index (χ4n) is 0.312. The van der Waals surface area contributed by atoms with E-state index in [0.29, 0.717) is 6.42 Å². The summed E-state index contributed by atoms with van der Waals surface area (Å²) in [7, 11) is 0. The first-order chi connectivity index (χ1) is 3.72. The van der Waals surface area contributed by atoms with Crippen LogP contribution in [0.4, 0.5) is 0 Å². The van der Waals surface area contributed by atoms with Gasteiger partial charge in [-0.1, -0.05) is 6.92 Å². The third-order valence-electron chi connectivity index (χ3n) is 0.875. The third-order valence-corrected chi connectivity index (χ3v) is 0.875. The van der Waals surface area contributed by atoms with E-state index in [1.807, 2.05) is 0 Å². The van der Waals surface area contributed by atoms with Crippen LogP contribution < -0.4 is 0 Å². The first kappa shape index (κ1) is 7.05. The van der Waals surface area contributed by atoms with Crippen LogP contribution in [0.2, 0.25) is 0 Å². The maximum atomic E-state index is 10.5. The van der Waals surface area contributed by atoms with Gasteiger partial charge in [-0.25, -0.2) is 0 Å². The maximum Gasteiger partial charge on any atom is 0.331 e. The molecule has 0 spiro atoms. The van der Waals surface area contributed by atoms with E-state index >= 15 is 0 Å². The Morgan fingerprint density at radius 1 is 1.75 bits per heavy atom. The molecule has 0 fully saturated rings. The Hall–Kier alpha value is -0.950. The Bertz CT molecular complexity index is 145. The zero-order chi connectivity index (χ0) is 6.57. The fourth-order valence-corrected chi connectivity index (χ4v) is 0.312. The number of hydrogen-bond donors (Lipinski definition) is 0. The summed E-state index contributed by atoms with van der Waals surface area (Å²) in [5.74, 6) is -0.118. The Balaban J connectivity index is 4.04. The molecule has 0 bridgehead atoms. The van der Waals surface area contributed by atoms with E-state index in [0.717, 1.165) is 0 Å². The smallest absolute Gasteiger partial charge is 0.331 e. The van der Waals surface area contributed by atoms with E-state index in [4.69, 9.17) is 5.53 Å². The highest BCUT2D eigenvalue weighted by Gasteiger charge is 2.08. The van der Waals surface area contributed by atoms with Gasteiger partial charge in [-0.2, -0.15) is 4.79 Å². The largest absolute Gasteiger partial charge is 0.361 e. The number of hydrogen-bond acceptors (Lipinski definition) is 1. The number of Topliss-reactive ketones (excluding diaryl/α,β-unsaturated/α-hetero) is 1. The minimum absolute atomic E-state index is 0.118. The van der Waals surface area contributed by atoms with Crippen LogP contribution in [0.5, 0.6) is 0 Å². The van der Waals surface area contributed by atoms with Gasteiger partial charge in [0.05, 0.1) is 0 Å². The summed E-state index contributed by atoms with van der Waals surface area (Å²) in [5.41, 5.74) is 8.18. The van der Waals surface area contributed by atoms with Crippen LogP contribution in [0.25, 0.3) is 5.53 Å². The SMILES string of the molecule is CCC(=O)C(C)=[N+]=[N-]. The first-order valence-electron chi connectivity index (χ1n) is 2.44. The molecule has 8 heavy (non-hydrogen) atoms. The lowest BCUT2D eigenvalue weighted by Gasteiger charge is -1.78. The molecule has 0 aliphatic carbocycles. The normalized spacial score (nSPS) is 7.75. The van der Waals surface area contributed by atoms with Crippen molar-refractivity contribution in [2.75, 3.05) is 0 Å². The molecule has 0 radical (unpaired) electrons. The first-order valence-corrected chi connectivity index (χ1v) is 2.44. The van der Waals surface area contributed by atoms with Crippen LogP contribution >= 0.6 is 0 Å². The zero-order valence-electron chi connectivity index (χ0n) is 5.01. The molecule has 44 valence electrons. The van der Waals surface area contributed by atoms with Gasteiger partial charge >= 0.3 is 5.71 Å². The summed E-state index contributed by atoms with van der Waals surface area (Å²) >= 11 is 0. The molecule has 0 unspecified atom stereocenters. The van der Waals surface area contributed by atoms with E-state index in [-0.39, 0.29) is 11.5 Å². The van der Waals surface area contributed by atoms with Gasteiger partial charge < -0.3 is 5.53 Å². The summed E-state index contributed by atoms with van der Waals surface area (Å²) in [4.78, 5) is 13.2. The van der Waals surface area contributed by atoms with Crippen molar-refractivity contribution in [2.45, 2.75) is 20.3 Å². The van der Waals surface area contributed by atoms with Crippen LogP contribution in [0.1, 0.15) is 20.3 Å². The van der Waals surface area contributed by atoms with Crippen molar-refractivity contribution in [3.63, 3.8) is 0 Å². The topological polar surface area (TPSA) is 53.5 Å². The molecule has 0 aliphatic rings. The number of nitrogens with zero attached hydrogens (tertiary/aromatic N) is 2. The van der Waals surface area contributed by atoms with Gasteiger partial charge in [-0.15, -0.1) is 0 Å². The lowest BCUT2D eigenvalue weighted by atomic mass is 10.2. The quantitative estimate of drug-likeness (QED) is 0.294. The van der Waals surface area contributed by atoms with Gasteiger partial charge in [0.25, 0.3) is 0 Å². The minimum atomic E-state index is -0.118. The molecule has 0 saturated carbocycles. The average Bonchev–Trinajstić information content (AvgIpc) is 1.84. The Morgan fingerprint density at radius 2 is 2.25 bits per heavy atom. The van der Waals surface area contributed by atoms with Crippen molar-refractivity contribution in [1.29, 1.82) is 0 Å². The molecule has 0 rings (SSSR count). The molecule has 0 atom stereocenters. The third kappa shape index (κ3) is 1.67. The molecule has 0 aromatic heterocycles. The van der Waals surface area contributed by atoms with Gasteiger partial charge in [0.2, 0.25) is 5.78 Å². The molecule has 3 nitrogen and oxygen atoms in total. The monoisotopic (exact) mass is 112 g/mol. The van der Waals surface area contributed by atoms with E-state index < -0.39 is 0 Å². The van der Waals surface area contributed by atoms with Crippen molar-refractivity contribution in [3.8, 4) is 0 Å². The number of carbonyl (C=O) groups excluding carboxylic acids is 1. The highest BCUT2D eigenvalue weighted by Crippen LogP contribution is 1.79. The second kappa shape index (κ2) is 3.10. The van der Waals surface area contributed by atoms with Crippen molar-refractivity contribution in [1.82, 2.24) is 0 Å². The van der Waals surface area contributed by atoms with E-state index in [1.165, 1.54) is 6.92 Å². The highest BCUT2D eigenvalue weighted by atomic mass is 16.1. The number of carbonyl (C=O) groups is 1. The molecular formula is C5H8N2O. The van der Waals surface area contributed by atoms with Gasteiger partial charge in [-0.3, -0.25) is 4.79 Å². The fraction of sp³-hybridized carbons (Fsp3) is 0.600. The molecule has 3 heteroatoms. The average molecular weight is 112 g/mol. The second-order valence-electron chi connectivity index (χ2n) is 1.46. The minimum Gasteiger partial charge on any atom is -0.361 e. The van der Waals surface area contributed by atoms with Crippen LogP contribution in [-0.4, -0.2) is 16.3 Å². The molecule has 0 aromatic carbocycles. The van der Waals surface area contributed by atoms with Gasteiger partial charge in [0, 0.05) is 13.3 Å². The summed E-state index contributed by atoms with van der Waals surface area (Å²) in [6.45, 7) is 3.20. The standard InChI is InChI=1S/C5H8N2O/c1-3-5(8)4(2)7-6/h3H2,1-2H3. The molecule has 0 amide bonds. The maximum absolute atomic E-state index is 10.5. The lowest BCUT2D eigenvalue weighted by Crippen LogP contribution is -2.08. The summed E-state index contributed by atoms with van der Waals surface area (Å²) in [6, 6.07) is 0.